The molecule has 0 spiro atoms. The van der Waals surface area contributed by atoms with Crippen molar-refractivity contribution < 1.29 is 9.53 Å². The first-order chi connectivity index (χ1) is 10.2. The maximum absolute atomic E-state index is 12.1. The lowest BCUT2D eigenvalue weighted by Crippen LogP contribution is -2.15. The standard InChI is InChI=1S/C16H13ClN2O2/c17-13-6-2-1-5-12(13)11-16(20)19-14-7-3-4-8-15(14)21-10-9-18/h1-8H,10-11H2,(H,19,20). The number of rotatable bonds is 5. The highest BCUT2D eigenvalue weighted by Crippen LogP contribution is 2.24. The number of nitriles is 1. The van der Waals surface area contributed by atoms with E-state index >= 15 is 0 Å². The molecule has 21 heavy (non-hydrogen) atoms. The Kier molecular flexibility index (Phi) is 5.19. The van der Waals surface area contributed by atoms with Crippen LogP contribution in [0, 0.1) is 11.3 Å². The molecule has 0 fully saturated rings. The molecule has 0 unspecified atom stereocenters. The van der Waals surface area contributed by atoms with Gasteiger partial charge in [-0.05, 0) is 23.8 Å². The average Bonchev–Trinajstić information content (AvgIpc) is 2.49. The van der Waals surface area contributed by atoms with E-state index in [4.69, 9.17) is 21.6 Å². The second-order valence-electron chi connectivity index (χ2n) is 4.26. The number of para-hydroxylation sites is 2. The molecule has 0 aliphatic carbocycles. The molecule has 0 radical (unpaired) electrons. The van der Waals surface area contributed by atoms with Gasteiger partial charge in [0.15, 0.2) is 6.61 Å². The first-order valence-electron chi connectivity index (χ1n) is 6.32. The monoisotopic (exact) mass is 300 g/mol. The summed E-state index contributed by atoms with van der Waals surface area (Å²) < 4.78 is 5.26. The second-order valence-corrected chi connectivity index (χ2v) is 4.67. The van der Waals surface area contributed by atoms with Crippen LogP contribution in [-0.4, -0.2) is 12.5 Å². The molecule has 0 aromatic heterocycles. The van der Waals surface area contributed by atoms with Crippen molar-refractivity contribution in [1.29, 1.82) is 5.26 Å². The minimum absolute atomic E-state index is 0.0720. The number of benzene rings is 2. The Morgan fingerprint density at radius 3 is 2.67 bits per heavy atom. The van der Waals surface area contributed by atoms with Crippen LogP contribution in [0.3, 0.4) is 0 Å². The van der Waals surface area contributed by atoms with Crippen molar-refractivity contribution in [1.82, 2.24) is 0 Å². The number of halogens is 1. The van der Waals surface area contributed by atoms with Gasteiger partial charge >= 0.3 is 0 Å². The third-order valence-corrected chi connectivity index (χ3v) is 3.13. The molecule has 0 atom stereocenters. The zero-order valence-electron chi connectivity index (χ0n) is 11.2. The number of hydrogen-bond acceptors (Lipinski definition) is 3. The van der Waals surface area contributed by atoms with E-state index in [2.05, 4.69) is 5.32 Å². The number of carbonyl (C=O) groups excluding carboxylic acids is 1. The Balaban J connectivity index is 2.06. The summed E-state index contributed by atoms with van der Waals surface area (Å²) >= 11 is 6.03. The molecule has 0 saturated carbocycles. The summed E-state index contributed by atoms with van der Waals surface area (Å²) in [6.07, 6.45) is 0.173. The Bertz CT molecular complexity index is 680. The number of hydrogen-bond donors (Lipinski definition) is 1. The fraction of sp³-hybridized carbons (Fsp3) is 0.125. The fourth-order valence-electron chi connectivity index (χ4n) is 1.81. The van der Waals surface area contributed by atoms with Gasteiger partial charge in [-0.1, -0.05) is 41.9 Å². The Morgan fingerprint density at radius 1 is 1.19 bits per heavy atom. The molecule has 2 aromatic rings. The molecule has 1 amide bonds. The van der Waals surface area contributed by atoms with Crippen molar-refractivity contribution in [2.75, 3.05) is 11.9 Å². The quantitative estimate of drug-likeness (QED) is 0.920. The van der Waals surface area contributed by atoms with Crippen molar-refractivity contribution >= 4 is 23.2 Å². The lowest BCUT2D eigenvalue weighted by molar-refractivity contribution is -0.115. The molecule has 0 aliphatic rings. The zero-order chi connectivity index (χ0) is 15.1. The average molecular weight is 301 g/mol. The van der Waals surface area contributed by atoms with Crippen LogP contribution in [0.2, 0.25) is 5.02 Å². The van der Waals surface area contributed by atoms with Crippen molar-refractivity contribution in [3.05, 3.63) is 59.1 Å². The van der Waals surface area contributed by atoms with E-state index in [0.717, 1.165) is 5.56 Å². The first kappa shape index (κ1) is 14.9. The van der Waals surface area contributed by atoms with Crippen LogP contribution < -0.4 is 10.1 Å². The highest BCUT2D eigenvalue weighted by Gasteiger charge is 2.10. The highest BCUT2D eigenvalue weighted by atomic mass is 35.5. The van der Waals surface area contributed by atoms with Crippen molar-refractivity contribution in [3.8, 4) is 11.8 Å². The molecule has 2 aromatic carbocycles. The molecular weight excluding hydrogens is 288 g/mol. The van der Waals surface area contributed by atoms with Gasteiger partial charge in [-0.25, -0.2) is 0 Å². The summed E-state index contributed by atoms with van der Waals surface area (Å²) in [7, 11) is 0. The lowest BCUT2D eigenvalue weighted by Gasteiger charge is -2.11. The summed E-state index contributed by atoms with van der Waals surface area (Å²) in [6.45, 7) is -0.0720. The van der Waals surface area contributed by atoms with Gasteiger partial charge in [0, 0.05) is 5.02 Å². The summed E-state index contributed by atoms with van der Waals surface area (Å²) in [6, 6.07) is 16.1. The number of amides is 1. The summed E-state index contributed by atoms with van der Waals surface area (Å²) in [5.41, 5.74) is 1.29. The van der Waals surface area contributed by atoms with Crippen molar-refractivity contribution in [2.24, 2.45) is 0 Å². The highest BCUT2D eigenvalue weighted by molar-refractivity contribution is 6.31. The molecule has 0 bridgehead atoms. The molecule has 4 nitrogen and oxygen atoms in total. The van der Waals surface area contributed by atoms with E-state index in [-0.39, 0.29) is 18.9 Å². The smallest absolute Gasteiger partial charge is 0.228 e. The van der Waals surface area contributed by atoms with Gasteiger partial charge in [-0.3, -0.25) is 4.79 Å². The molecule has 0 heterocycles. The van der Waals surface area contributed by atoms with Crippen LogP contribution in [0.4, 0.5) is 5.69 Å². The van der Waals surface area contributed by atoms with Gasteiger partial charge in [-0.2, -0.15) is 5.26 Å². The molecule has 5 heteroatoms. The van der Waals surface area contributed by atoms with E-state index in [1.54, 1.807) is 36.4 Å². The van der Waals surface area contributed by atoms with E-state index in [9.17, 15) is 4.79 Å². The second kappa shape index (κ2) is 7.32. The normalized spacial score (nSPS) is 9.71. The maximum Gasteiger partial charge on any atom is 0.228 e. The molecule has 2 rings (SSSR count). The third kappa shape index (κ3) is 4.23. The van der Waals surface area contributed by atoms with Gasteiger partial charge in [0.25, 0.3) is 0 Å². The van der Waals surface area contributed by atoms with Crippen LogP contribution in [0.25, 0.3) is 0 Å². The molecule has 106 valence electrons. The number of nitrogens with one attached hydrogen (secondary N) is 1. The molecule has 0 aliphatic heterocycles. The number of anilines is 1. The van der Waals surface area contributed by atoms with Gasteiger partial charge < -0.3 is 10.1 Å². The zero-order valence-corrected chi connectivity index (χ0v) is 11.9. The van der Waals surface area contributed by atoms with Gasteiger partial charge in [0.1, 0.15) is 11.8 Å². The van der Waals surface area contributed by atoms with Crippen LogP contribution in [0.5, 0.6) is 5.75 Å². The van der Waals surface area contributed by atoms with E-state index in [1.807, 2.05) is 18.2 Å². The van der Waals surface area contributed by atoms with Crippen LogP contribution in [0.15, 0.2) is 48.5 Å². The summed E-state index contributed by atoms with van der Waals surface area (Å²) in [4.78, 5) is 12.1. The predicted octanol–water partition coefficient (Wildman–Crippen LogP) is 3.42. The Morgan fingerprint density at radius 2 is 1.90 bits per heavy atom. The van der Waals surface area contributed by atoms with Gasteiger partial charge in [0.05, 0.1) is 12.1 Å². The number of ether oxygens (including phenoxy) is 1. The van der Waals surface area contributed by atoms with Crippen LogP contribution >= 0.6 is 11.6 Å². The van der Waals surface area contributed by atoms with Crippen molar-refractivity contribution in [2.45, 2.75) is 6.42 Å². The minimum atomic E-state index is -0.198. The molecule has 1 N–H and O–H groups in total. The molecular formula is C16H13ClN2O2. The maximum atomic E-state index is 12.1. The Labute approximate surface area is 127 Å². The van der Waals surface area contributed by atoms with Crippen LogP contribution in [0.1, 0.15) is 5.56 Å². The number of carbonyl (C=O) groups is 1. The van der Waals surface area contributed by atoms with Crippen molar-refractivity contribution in [3.63, 3.8) is 0 Å². The van der Waals surface area contributed by atoms with E-state index in [0.29, 0.717) is 16.5 Å². The third-order valence-electron chi connectivity index (χ3n) is 2.76. The number of nitrogens with zero attached hydrogens (tertiary/aromatic N) is 1. The van der Waals surface area contributed by atoms with Crippen LogP contribution in [-0.2, 0) is 11.2 Å². The van der Waals surface area contributed by atoms with Gasteiger partial charge in [0.2, 0.25) is 5.91 Å². The largest absolute Gasteiger partial charge is 0.477 e. The van der Waals surface area contributed by atoms with E-state index in [1.165, 1.54) is 0 Å². The summed E-state index contributed by atoms with van der Waals surface area (Å²) in [5.74, 6) is 0.266. The fourth-order valence-corrected chi connectivity index (χ4v) is 2.02. The lowest BCUT2D eigenvalue weighted by atomic mass is 10.1. The molecule has 0 saturated heterocycles. The Hall–Kier alpha value is -2.51. The SMILES string of the molecule is N#CCOc1ccccc1NC(=O)Cc1ccccc1Cl. The topological polar surface area (TPSA) is 62.1 Å². The van der Waals surface area contributed by atoms with Gasteiger partial charge in [-0.15, -0.1) is 0 Å². The summed E-state index contributed by atoms with van der Waals surface area (Å²) in [5, 5.41) is 11.9. The first-order valence-corrected chi connectivity index (χ1v) is 6.70. The predicted molar refractivity (Wildman–Crippen MR) is 81.3 cm³/mol. The van der Waals surface area contributed by atoms with E-state index < -0.39 is 0 Å². The minimum Gasteiger partial charge on any atom is -0.477 e.